The summed E-state index contributed by atoms with van der Waals surface area (Å²) in [6.45, 7) is 7.39. The van der Waals surface area contributed by atoms with Gasteiger partial charge in [0.25, 0.3) is 0 Å². The number of phenolic OH excluding ortho intramolecular Hbond substituents is 1. The molecule has 27 heavy (non-hydrogen) atoms. The van der Waals surface area contributed by atoms with E-state index in [2.05, 4.69) is 10.3 Å². The molecule has 0 fully saturated rings. The first kappa shape index (κ1) is 21.1. The number of pyridine rings is 1. The Hall–Kier alpha value is -2.24. The summed E-state index contributed by atoms with van der Waals surface area (Å²) in [6.07, 6.45) is 2.10. The van der Waals surface area contributed by atoms with E-state index < -0.39 is 13.4 Å². The third-order valence-electron chi connectivity index (χ3n) is 4.07. The summed E-state index contributed by atoms with van der Waals surface area (Å²) < 4.78 is 30.3. The van der Waals surface area contributed by atoms with E-state index in [9.17, 15) is 9.67 Å². The van der Waals surface area contributed by atoms with Crippen LogP contribution in [-0.4, -0.2) is 29.6 Å². The van der Waals surface area contributed by atoms with E-state index in [1.807, 2.05) is 6.92 Å². The van der Waals surface area contributed by atoms with Gasteiger partial charge in [-0.25, -0.2) is 9.55 Å². The maximum Gasteiger partial charge on any atom is 0.401 e. The Bertz CT molecular complexity index is 804. The Labute approximate surface area is 160 Å². The maximum atomic E-state index is 13.6. The minimum absolute atomic E-state index is 0.192. The molecule has 0 saturated carbocycles. The molecule has 0 amide bonds. The minimum atomic E-state index is -3.59. The number of methoxy groups -OCH3 is 1. The Morgan fingerprint density at radius 2 is 1.93 bits per heavy atom. The second kappa shape index (κ2) is 9.11. The summed E-state index contributed by atoms with van der Waals surface area (Å²) in [7, 11) is -2.04. The first-order chi connectivity index (χ1) is 12.8. The summed E-state index contributed by atoms with van der Waals surface area (Å²) in [5, 5.41) is 13.1. The fraction of sp³-hybridized carbons (Fsp3) is 0.421. The van der Waals surface area contributed by atoms with Crippen molar-refractivity contribution < 1.29 is 23.5 Å². The monoisotopic (exact) mass is 394 g/mol. The zero-order valence-electron chi connectivity index (χ0n) is 16.4. The molecule has 1 aromatic heterocycles. The molecule has 1 heterocycles. The number of aromatic hydroxyl groups is 1. The summed E-state index contributed by atoms with van der Waals surface area (Å²) in [5.74, 6) is 0.948. The Morgan fingerprint density at radius 1 is 1.26 bits per heavy atom. The molecule has 2 aromatic rings. The van der Waals surface area contributed by atoms with Gasteiger partial charge in [0.15, 0.2) is 11.6 Å². The molecule has 2 atom stereocenters. The van der Waals surface area contributed by atoms with Gasteiger partial charge in [0.05, 0.1) is 13.7 Å². The van der Waals surface area contributed by atoms with Crippen LogP contribution in [0.4, 0.5) is 5.82 Å². The number of aromatic nitrogens is 1. The molecule has 0 aliphatic carbocycles. The number of hydrogen-bond acceptors (Lipinski definition) is 7. The van der Waals surface area contributed by atoms with E-state index in [0.29, 0.717) is 34.9 Å². The van der Waals surface area contributed by atoms with E-state index >= 15 is 0 Å². The first-order valence-electron chi connectivity index (χ1n) is 8.84. The van der Waals surface area contributed by atoms with Crippen molar-refractivity contribution in [1.82, 2.24) is 4.98 Å². The van der Waals surface area contributed by atoms with Crippen LogP contribution in [0.1, 0.15) is 31.4 Å². The molecule has 8 heteroatoms. The van der Waals surface area contributed by atoms with Crippen LogP contribution in [0.3, 0.4) is 0 Å². The quantitative estimate of drug-likeness (QED) is 0.587. The first-order valence-corrected chi connectivity index (χ1v) is 10.4. The highest BCUT2D eigenvalue weighted by Crippen LogP contribution is 2.54. The van der Waals surface area contributed by atoms with Crippen LogP contribution in [0.25, 0.3) is 0 Å². The van der Waals surface area contributed by atoms with Crippen LogP contribution in [0.2, 0.25) is 0 Å². The van der Waals surface area contributed by atoms with E-state index in [-0.39, 0.29) is 12.4 Å². The third kappa shape index (κ3) is 4.93. The van der Waals surface area contributed by atoms with Crippen molar-refractivity contribution in [3.63, 3.8) is 0 Å². The van der Waals surface area contributed by atoms with Crippen molar-refractivity contribution in [1.29, 1.82) is 0 Å². The van der Waals surface area contributed by atoms with E-state index in [1.165, 1.54) is 0 Å². The van der Waals surface area contributed by atoms with Crippen LogP contribution < -0.4 is 14.6 Å². The molecule has 2 N–H and O–H groups in total. The third-order valence-corrected chi connectivity index (χ3v) is 6.41. The zero-order chi connectivity index (χ0) is 20.0. The summed E-state index contributed by atoms with van der Waals surface area (Å²) >= 11 is 0. The van der Waals surface area contributed by atoms with E-state index in [0.717, 1.165) is 0 Å². The standard InChI is InChI=1S/C19H27N2O5P/c1-6-17(21-19-16(24-5)9-8-10-20-19)27(23,25-7-2)26-15-11-13(3)18(22)14(4)12-15/h8-12,17,22H,6-7H2,1-5H3,(H,20,21). The summed E-state index contributed by atoms with van der Waals surface area (Å²) in [6, 6.07) is 6.80. The molecule has 1 aromatic carbocycles. The molecule has 7 nitrogen and oxygen atoms in total. The second-order valence-corrected chi connectivity index (χ2v) is 8.22. The van der Waals surface area contributed by atoms with Gasteiger partial charge in [0, 0.05) is 6.20 Å². The topological polar surface area (TPSA) is 89.9 Å². The Balaban J connectivity index is 2.35. The number of rotatable bonds is 9. The molecule has 2 rings (SSSR count). The van der Waals surface area contributed by atoms with Gasteiger partial charge in [0.2, 0.25) is 0 Å². The molecule has 0 aliphatic rings. The van der Waals surface area contributed by atoms with Crippen LogP contribution in [0.15, 0.2) is 30.5 Å². The lowest BCUT2D eigenvalue weighted by Gasteiger charge is -2.28. The molecule has 0 aliphatic heterocycles. The van der Waals surface area contributed by atoms with Crippen molar-refractivity contribution >= 4 is 13.4 Å². The van der Waals surface area contributed by atoms with Gasteiger partial charge in [-0.15, -0.1) is 0 Å². The Kier molecular flexibility index (Phi) is 7.11. The maximum absolute atomic E-state index is 13.6. The fourth-order valence-corrected chi connectivity index (χ4v) is 4.55. The number of benzene rings is 1. The van der Waals surface area contributed by atoms with Gasteiger partial charge >= 0.3 is 7.60 Å². The Morgan fingerprint density at radius 3 is 2.48 bits per heavy atom. The van der Waals surface area contributed by atoms with Gasteiger partial charge in [0.1, 0.15) is 17.3 Å². The fourth-order valence-electron chi connectivity index (χ4n) is 2.70. The lowest BCUT2D eigenvalue weighted by atomic mass is 10.1. The predicted molar refractivity (Wildman–Crippen MR) is 106 cm³/mol. The minimum Gasteiger partial charge on any atom is -0.507 e. The average Bonchev–Trinajstić information content (AvgIpc) is 2.64. The number of ether oxygens (including phenoxy) is 1. The highest BCUT2D eigenvalue weighted by Gasteiger charge is 2.37. The highest BCUT2D eigenvalue weighted by molar-refractivity contribution is 7.55. The van der Waals surface area contributed by atoms with E-state index in [1.54, 1.807) is 58.3 Å². The van der Waals surface area contributed by atoms with Crippen molar-refractivity contribution in [3.05, 3.63) is 41.6 Å². The number of anilines is 1. The molecule has 2 unspecified atom stereocenters. The van der Waals surface area contributed by atoms with Crippen molar-refractivity contribution in [2.45, 2.75) is 39.9 Å². The van der Waals surface area contributed by atoms with Crippen molar-refractivity contribution in [3.8, 4) is 17.2 Å². The SMILES string of the molecule is CCOP(=O)(Oc1cc(C)c(O)c(C)c1)C(CC)Nc1ncccc1OC. The van der Waals surface area contributed by atoms with Crippen LogP contribution in [0, 0.1) is 13.8 Å². The van der Waals surface area contributed by atoms with Gasteiger partial charge in [-0.3, -0.25) is 4.52 Å². The zero-order valence-corrected chi connectivity index (χ0v) is 17.2. The van der Waals surface area contributed by atoms with Crippen LogP contribution in [0.5, 0.6) is 17.2 Å². The average molecular weight is 394 g/mol. The molecule has 0 spiro atoms. The largest absolute Gasteiger partial charge is 0.507 e. The van der Waals surface area contributed by atoms with Gasteiger partial charge in [-0.05, 0) is 62.6 Å². The summed E-state index contributed by atoms with van der Waals surface area (Å²) in [5.41, 5.74) is 1.28. The number of hydrogen-bond donors (Lipinski definition) is 2. The van der Waals surface area contributed by atoms with Gasteiger partial charge in [-0.2, -0.15) is 0 Å². The number of nitrogens with zero attached hydrogens (tertiary/aromatic N) is 1. The van der Waals surface area contributed by atoms with Gasteiger partial charge in [-0.1, -0.05) is 6.92 Å². The number of phenols is 1. The van der Waals surface area contributed by atoms with Crippen molar-refractivity contribution in [2.24, 2.45) is 0 Å². The second-order valence-electron chi connectivity index (χ2n) is 6.08. The molecular formula is C19H27N2O5P. The lowest BCUT2D eigenvalue weighted by molar-refractivity contribution is 0.271. The van der Waals surface area contributed by atoms with Crippen molar-refractivity contribution in [2.75, 3.05) is 19.0 Å². The predicted octanol–water partition coefficient (Wildman–Crippen LogP) is 4.87. The van der Waals surface area contributed by atoms with Crippen LogP contribution in [-0.2, 0) is 9.09 Å². The van der Waals surface area contributed by atoms with E-state index in [4.69, 9.17) is 13.8 Å². The lowest BCUT2D eigenvalue weighted by Crippen LogP contribution is -2.24. The molecular weight excluding hydrogens is 367 g/mol. The summed E-state index contributed by atoms with van der Waals surface area (Å²) in [4.78, 5) is 4.26. The number of nitrogens with one attached hydrogen (secondary N) is 1. The molecule has 0 saturated heterocycles. The smallest absolute Gasteiger partial charge is 0.401 e. The van der Waals surface area contributed by atoms with Crippen LogP contribution >= 0.6 is 7.60 Å². The molecule has 0 radical (unpaired) electrons. The highest BCUT2D eigenvalue weighted by atomic mass is 31.2. The molecule has 148 valence electrons. The normalized spacial score (nSPS) is 14.3. The van der Waals surface area contributed by atoms with Gasteiger partial charge < -0.3 is 19.7 Å². The molecule has 0 bridgehead atoms. The number of aryl methyl sites for hydroxylation is 2.